The molecule has 6 nitrogen and oxygen atoms in total. The van der Waals surface area contributed by atoms with Gasteiger partial charge in [-0.25, -0.2) is 9.97 Å². The number of benzene rings is 1. The van der Waals surface area contributed by atoms with Gasteiger partial charge in [-0.1, -0.05) is 18.2 Å². The maximum atomic E-state index is 12.6. The molecule has 1 aliphatic rings. The molecule has 29 heavy (non-hydrogen) atoms. The lowest BCUT2D eigenvalue weighted by Crippen LogP contribution is -2.48. The van der Waals surface area contributed by atoms with Gasteiger partial charge in [-0.05, 0) is 19.1 Å². The van der Waals surface area contributed by atoms with Crippen molar-refractivity contribution in [1.29, 1.82) is 0 Å². The molecule has 0 saturated carbocycles. The lowest BCUT2D eigenvalue weighted by molar-refractivity contribution is -0.126. The number of rotatable bonds is 6. The topological polar surface area (TPSA) is 58.6 Å². The van der Waals surface area contributed by atoms with Crippen molar-refractivity contribution >= 4 is 39.8 Å². The van der Waals surface area contributed by atoms with Gasteiger partial charge in [0.2, 0.25) is 5.91 Å². The highest BCUT2D eigenvalue weighted by Gasteiger charge is 2.21. The number of carbonyl (C=O) groups is 1. The average molecular weight is 427 g/mol. The molecule has 1 saturated heterocycles. The van der Waals surface area contributed by atoms with Gasteiger partial charge in [0, 0.05) is 54.8 Å². The largest absolute Gasteiger partial charge is 0.487 e. The number of para-hydroxylation sites is 1. The Bertz CT molecular complexity index is 976. The van der Waals surface area contributed by atoms with Crippen LogP contribution in [-0.2, 0) is 11.4 Å². The smallest absolute Gasteiger partial charge is 0.246 e. The molecule has 150 valence electrons. The molecule has 0 aliphatic carbocycles. The quantitative estimate of drug-likeness (QED) is 0.561. The van der Waals surface area contributed by atoms with Crippen LogP contribution in [0.1, 0.15) is 16.3 Å². The normalized spacial score (nSPS) is 14.5. The molecule has 0 N–H and O–H groups in total. The van der Waals surface area contributed by atoms with E-state index in [-0.39, 0.29) is 5.91 Å². The Morgan fingerprint density at radius 1 is 1.21 bits per heavy atom. The van der Waals surface area contributed by atoms with Crippen molar-refractivity contribution in [2.24, 2.45) is 0 Å². The zero-order valence-corrected chi connectivity index (χ0v) is 17.8. The van der Waals surface area contributed by atoms with E-state index in [0.29, 0.717) is 19.7 Å². The van der Waals surface area contributed by atoms with Crippen LogP contribution in [-0.4, -0.2) is 47.0 Å². The highest BCUT2D eigenvalue weighted by atomic mass is 32.1. The molecule has 4 rings (SSSR count). The van der Waals surface area contributed by atoms with Gasteiger partial charge in [-0.2, -0.15) is 0 Å². The minimum Gasteiger partial charge on any atom is -0.487 e. The Balaban J connectivity index is 1.34. The van der Waals surface area contributed by atoms with Crippen LogP contribution in [0.2, 0.25) is 0 Å². The fourth-order valence-electron chi connectivity index (χ4n) is 3.13. The molecule has 3 aromatic rings. The van der Waals surface area contributed by atoms with Gasteiger partial charge in [0.1, 0.15) is 12.4 Å². The van der Waals surface area contributed by atoms with Gasteiger partial charge in [0.25, 0.3) is 0 Å². The summed E-state index contributed by atoms with van der Waals surface area (Å²) in [6.45, 7) is 5.41. The van der Waals surface area contributed by atoms with E-state index < -0.39 is 0 Å². The van der Waals surface area contributed by atoms with Gasteiger partial charge in [-0.3, -0.25) is 4.79 Å². The summed E-state index contributed by atoms with van der Waals surface area (Å²) >= 11 is 3.24. The molecular weight excluding hydrogens is 404 g/mol. The minimum absolute atomic E-state index is 0.0220. The zero-order valence-electron chi connectivity index (χ0n) is 16.2. The van der Waals surface area contributed by atoms with Crippen molar-refractivity contribution in [1.82, 2.24) is 14.9 Å². The first-order chi connectivity index (χ1) is 14.2. The highest BCUT2D eigenvalue weighted by molar-refractivity contribution is 7.13. The van der Waals surface area contributed by atoms with Crippen LogP contribution in [0.4, 0.5) is 5.13 Å². The Labute approximate surface area is 178 Å². The van der Waals surface area contributed by atoms with Crippen molar-refractivity contribution in [3.8, 4) is 5.75 Å². The maximum Gasteiger partial charge on any atom is 0.246 e. The van der Waals surface area contributed by atoms with E-state index in [1.54, 1.807) is 28.7 Å². The molecule has 0 atom stereocenters. The lowest BCUT2D eigenvalue weighted by atomic mass is 10.2. The van der Waals surface area contributed by atoms with Crippen LogP contribution >= 0.6 is 22.7 Å². The van der Waals surface area contributed by atoms with Crippen LogP contribution in [0.15, 0.2) is 47.3 Å². The van der Waals surface area contributed by atoms with Gasteiger partial charge >= 0.3 is 0 Å². The van der Waals surface area contributed by atoms with Crippen molar-refractivity contribution < 1.29 is 9.53 Å². The van der Waals surface area contributed by atoms with Crippen molar-refractivity contribution in [2.45, 2.75) is 13.5 Å². The second-order valence-corrected chi connectivity index (χ2v) is 8.58. The van der Waals surface area contributed by atoms with Crippen LogP contribution in [0.25, 0.3) is 6.08 Å². The summed E-state index contributed by atoms with van der Waals surface area (Å²) < 4.78 is 5.93. The molecule has 0 bridgehead atoms. The summed E-state index contributed by atoms with van der Waals surface area (Å²) in [6.07, 6.45) is 5.28. The summed E-state index contributed by atoms with van der Waals surface area (Å²) in [5, 5.41) is 6.03. The molecular formula is C21H22N4O2S2. The number of carbonyl (C=O) groups excluding carboxylic acids is 1. The summed E-state index contributed by atoms with van der Waals surface area (Å²) in [5.74, 6) is 0.768. The Morgan fingerprint density at radius 3 is 2.76 bits per heavy atom. The third kappa shape index (κ3) is 5.02. The monoisotopic (exact) mass is 426 g/mol. The molecule has 2 aromatic heterocycles. The molecule has 1 aromatic carbocycles. The fraction of sp³-hybridized carbons (Fsp3) is 0.286. The number of thiazole rings is 2. The SMILES string of the molecule is Cc1nc(COc2ccccc2/C=C/C(=O)N2CCN(c3nccs3)CC2)cs1. The summed E-state index contributed by atoms with van der Waals surface area (Å²) in [6, 6.07) is 7.73. The first-order valence-corrected chi connectivity index (χ1v) is 11.2. The van der Waals surface area contributed by atoms with Gasteiger partial charge in [0.05, 0.1) is 10.7 Å². The second-order valence-electron chi connectivity index (χ2n) is 6.64. The Hall–Kier alpha value is -2.71. The molecule has 1 aliphatic heterocycles. The van der Waals surface area contributed by atoms with Gasteiger partial charge in [0.15, 0.2) is 5.13 Å². The van der Waals surface area contributed by atoms with E-state index in [4.69, 9.17) is 4.74 Å². The second kappa shape index (κ2) is 9.19. The predicted octanol–water partition coefficient (Wildman–Crippen LogP) is 3.85. The van der Waals surface area contributed by atoms with E-state index in [2.05, 4.69) is 14.9 Å². The first-order valence-electron chi connectivity index (χ1n) is 9.43. The Kier molecular flexibility index (Phi) is 6.21. The number of nitrogens with zero attached hydrogens (tertiary/aromatic N) is 4. The van der Waals surface area contributed by atoms with E-state index >= 15 is 0 Å². The molecule has 3 heterocycles. The van der Waals surface area contributed by atoms with E-state index in [1.165, 1.54) is 0 Å². The third-order valence-electron chi connectivity index (χ3n) is 4.65. The maximum absolute atomic E-state index is 12.6. The Morgan fingerprint density at radius 2 is 2.03 bits per heavy atom. The number of hydrogen-bond donors (Lipinski definition) is 0. The summed E-state index contributed by atoms with van der Waals surface area (Å²) in [5.41, 5.74) is 1.80. The molecule has 1 fully saturated rings. The lowest BCUT2D eigenvalue weighted by Gasteiger charge is -2.34. The first kappa shape index (κ1) is 19.6. The fourth-order valence-corrected chi connectivity index (χ4v) is 4.43. The summed E-state index contributed by atoms with van der Waals surface area (Å²) in [4.78, 5) is 25.5. The number of aromatic nitrogens is 2. The number of hydrogen-bond acceptors (Lipinski definition) is 7. The molecule has 0 spiro atoms. The van der Waals surface area contributed by atoms with Crippen LogP contribution in [0.3, 0.4) is 0 Å². The van der Waals surface area contributed by atoms with E-state index in [1.807, 2.05) is 59.1 Å². The number of aryl methyl sites for hydroxylation is 1. The van der Waals surface area contributed by atoms with Crippen molar-refractivity contribution in [2.75, 3.05) is 31.1 Å². The third-order valence-corrected chi connectivity index (χ3v) is 6.30. The van der Waals surface area contributed by atoms with E-state index in [0.717, 1.165) is 40.2 Å². The molecule has 1 amide bonds. The van der Waals surface area contributed by atoms with Crippen molar-refractivity contribution in [3.05, 3.63) is 63.6 Å². The molecule has 0 unspecified atom stereocenters. The molecule has 8 heteroatoms. The van der Waals surface area contributed by atoms with Crippen LogP contribution in [0, 0.1) is 6.92 Å². The van der Waals surface area contributed by atoms with Crippen molar-refractivity contribution in [3.63, 3.8) is 0 Å². The van der Waals surface area contributed by atoms with Crippen LogP contribution < -0.4 is 9.64 Å². The standard InChI is InChI=1S/C21H22N4O2S2/c1-16-23-18(15-29-16)14-27-19-5-3-2-4-17(19)6-7-20(26)24-9-11-25(12-10-24)21-22-8-13-28-21/h2-8,13,15H,9-12,14H2,1H3/b7-6+. The molecule has 0 radical (unpaired) electrons. The number of amides is 1. The number of ether oxygens (including phenoxy) is 1. The average Bonchev–Trinajstić information content (AvgIpc) is 3.43. The predicted molar refractivity (Wildman–Crippen MR) is 118 cm³/mol. The van der Waals surface area contributed by atoms with Crippen LogP contribution in [0.5, 0.6) is 5.75 Å². The van der Waals surface area contributed by atoms with Gasteiger partial charge in [-0.15, -0.1) is 22.7 Å². The van der Waals surface area contributed by atoms with E-state index in [9.17, 15) is 4.79 Å². The number of piperazine rings is 1. The minimum atomic E-state index is 0.0220. The highest BCUT2D eigenvalue weighted by Crippen LogP contribution is 2.22. The number of anilines is 1. The zero-order chi connectivity index (χ0) is 20.1. The summed E-state index contributed by atoms with van der Waals surface area (Å²) in [7, 11) is 0. The van der Waals surface area contributed by atoms with Gasteiger partial charge < -0.3 is 14.5 Å².